The normalized spacial score (nSPS) is 29.0. The molecule has 1 aromatic carbocycles. The third kappa shape index (κ3) is 3.13. The number of likely N-dealkylation sites (tertiary alicyclic amines) is 1. The fraction of sp³-hybridized carbons (Fsp3) is 0.611. The summed E-state index contributed by atoms with van der Waals surface area (Å²) in [5.74, 6) is 0.975. The maximum Gasteiger partial charge on any atom is 0.226 e. The zero-order chi connectivity index (χ0) is 14.7. The fourth-order valence-corrected chi connectivity index (χ4v) is 4.08. The highest BCUT2D eigenvalue weighted by Crippen LogP contribution is 2.34. The molecule has 2 fully saturated rings. The molecule has 114 valence electrons. The molecule has 1 aliphatic heterocycles. The van der Waals surface area contributed by atoms with Crippen LogP contribution in [-0.4, -0.2) is 29.9 Å². The molecule has 1 saturated heterocycles. The summed E-state index contributed by atoms with van der Waals surface area (Å²) in [6, 6.07) is 10.9. The lowest BCUT2D eigenvalue weighted by Gasteiger charge is -2.29. The van der Waals surface area contributed by atoms with E-state index in [1.54, 1.807) is 0 Å². The largest absolute Gasteiger partial charge is 0.339 e. The van der Waals surface area contributed by atoms with E-state index in [9.17, 15) is 4.79 Å². The number of carbonyl (C=O) groups excluding carboxylic acids is 1. The quantitative estimate of drug-likeness (QED) is 0.924. The Morgan fingerprint density at radius 1 is 1.14 bits per heavy atom. The molecule has 1 amide bonds. The van der Waals surface area contributed by atoms with E-state index in [2.05, 4.69) is 29.2 Å². The maximum absolute atomic E-state index is 12.9. The number of amides is 1. The number of hydrogen-bond donors (Lipinski definition) is 1. The number of hydrogen-bond acceptors (Lipinski definition) is 2. The summed E-state index contributed by atoms with van der Waals surface area (Å²) < 4.78 is 0. The summed E-state index contributed by atoms with van der Waals surface area (Å²) in [5.41, 5.74) is 7.19. The topological polar surface area (TPSA) is 46.3 Å². The van der Waals surface area contributed by atoms with Gasteiger partial charge in [-0.1, -0.05) is 36.8 Å². The Morgan fingerprint density at radius 2 is 1.95 bits per heavy atom. The standard InChI is InChI=1S/C18H26N2O/c19-13-15-8-4-10-17(15)18(21)20-11-5-9-16(20)12-14-6-2-1-3-7-14/h1-3,6-7,15-17H,4-5,8-13,19H2. The minimum absolute atomic E-state index is 0.186. The first kappa shape index (κ1) is 14.6. The van der Waals surface area contributed by atoms with Crippen molar-refractivity contribution in [2.75, 3.05) is 13.1 Å². The number of carbonyl (C=O) groups is 1. The third-order valence-electron chi connectivity index (χ3n) is 5.25. The van der Waals surface area contributed by atoms with Gasteiger partial charge in [-0.05, 0) is 50.1 Å². The third-order valence-corrected chi connectivity index (χ3v) is 5.25. The van der Waals surface area contributed by atoms with E-state index in [0.29, 0.717) is 24.4 Å². The molecule has 3 unspecified atom stereocenters. The first-order chi connectivity index (χ1) is 10.3. The van der Waals surface area contributed by atoms with Crippen molar-refractivity contribution in [1.29, 1.82) is 0 Å². The van der Waals surface area contributed by atoms with Gasteiger partial charge in [-0.3, -0.25) is 4.79 Å². The van der Waals surface area contributed by atoms with E-state index in [1.807, 2.05) is 6.07 Å². The van der Waals surface area contributed by atoms with Gasteiger partial charge in [-0.25, -0.2) is 0 Å². The van der Waals surface area contributed by atoms with Crippen molar-refractivity contribution in [2.45, 2.75) is 44.6 Å². The first-order valence-electron chi connectivity index (χ1n) is 8.34. The van der Waals surface area contributed by atoms with Gasteiger partial charge in [0, 0.05) is 18.5 Å². The molecule has 1 aliphatic carbocycles. The minimum Gasteiger partial charge on any atom is -0.339 e. The van der Waals surface area contributed by atoms with Crippen LogP contribution in [0.3, 0.4) is 0 Å². The van der Waals surface area contributed by atoms with Gasteiger partial charge < -0.3 is 10.6 Å². The van der Waals surface area contributed by atoms with Crippen molar-refractivity contribution in [1.82, 2.24) is 4.90 Å². The molecular weight excluding hydrogens is 260 g/mol. The Hall–Kier alpha value is -1.35. The van der Waals surface area contributed by atoms with E-state index in [-0.39, 0.29) is 5.92 Å². The predicted octanol–water partition coefficient (Wildman–Crippen LogP) is 2.60. The number of rotatable bonds is 4. The van der Waals surface area contributed by atoms with Crippen molar-refractivity contribution in [3.63, 3.8) is 0 Å². The average molecular weight is 286 g/mol. The Balaban J connectivity index is 1.67. The minimum atomic E-state index is 0.186. The van der Waals surface area contributed by atoms with Gasteiger partial charge in [-0.2, -0.15) is 0 Å². The zero-order valence-electron chi connectivity index (χ0n) is 12.7. The van der Waals surface area contributed by atoms with Gasteiger partial charge in [0.05, 0.1) is 0 Å². The van der Waals surface area contributed by atoms with Crippen LogP contribution in [0.15, 0.2) is 30.3 Å². The van der Waals surface area contributed by atoms with Crippen LogP contribution in [0.25, 0.3) is 0 Å². The Bertz CT molecular complexity index is 473. The Kier molecular flexibility index (Phi) is 4.59. The van der Waals surface area contributed by atoms with Gasteiger partial charge in [0.1, 0.15) is 0 Å². The predicted molar refractivity (Wildman–Crippen MR) is 84.8 cm³/mol. The van der Waals surface area contributed by atoms with E-state index in [1.165, 1.54) is 5.56 Å². The summed E-state index contributed by atoms with van der Waals surface area (Å²) in [7, 11) is 0. The molecule has 0 aromatic heterocycles. The molecule has 2 N–H and O–H groups in total. The van der Waals surface area contributed by atoms with Crippen LogP contribution < -0.4 is 5.73 Å². The van der Waals surface area contributed by atoms with Crippen molar-refractivity contribution < 1.29 is 4.79 Å². The summed E-state index contributed by atoms with van der Waals surface area (Å²) in [6.07, 6.45) is 6.60. The summed E-state index contributed by atoms with van der Waals surface area (Å²) in [5, 5.41) is 0. The van der Waals surface area contributed by atoms with Crippen molar-refractivity contribution >= 4 is 5.91 Å². The van der Waals surface area contributed by atoms with Crippen LogP contribution in [0.5, 0.6) is 0 Å². The van der Waals surface area contributed by atoms with Crippen LogP contribution in [0.2, 0.25) is 0 Å². The zero-order valence-corrected chi connectivity index (χ0v) is 12.7. The molecule has 1 saturated carbocycles. The molecule has 2 aliphatic rings. The number of nitrogens with two attached hydrogens (primary N) is 1. The second-order valence-corrected chi connectivity index (χ2v) is 6.55. The van der Waals surface area contributed by atoms with Crippen LogP contribution >= 0.6 is 0 Å². The lowest BCUT2D eigenvalue weighted by atomic mass is 9.94. The summed E-state index contributed by atoms with van der Waals surface area (Å²) in [4.78, 5) is 15.0. The molecule has 3 nitrogen and oxygen atoms in total. The monoisotopic (exact) mass is 286 g/mol. The Labute approximate surface area is 127 Å². The molecular formula is C18H26N2O. The second kappa shape index (κ2) is 6.61. The molecule has 21 heavy (non-hydrogen) atoms. The summed E-state index contributed by atoms with van der Waals surface area (Å²) >= 11 is 0. The molecule has 3 heteroatoms. The molecule has 0 bridgehead atoms. The van der Waals surface area contributed by atoms with Crippen LogP contribution in [0, 0.1) is 11.8 Å². The second-order valence-electron chi connectivity index (χ2n) is 6.55. The smallest absolute Gasteiger partial charge is 0.226 e. The molecule has 0 spiro atoms. The molecule has 0 radical (unpaired) electrons. The van der Waals surface area contributed by atoms with Crippen molar-refractivity contribution in [3.05, 3.63) is 35.9 Å². The highest BCUT2D eigenvalue weighted by Gasteiger charge is 2.38. The van der Waals surface area contributed by atoms with Gasteiger partial charge in [-0.15, -0.1) is 0 Å². The SMILES string of the molecule is NCC1CCCC1C(=O)N1CCCC1Cc1ccccc1. The molecule has 1 heterocycles. The first-order valence-corrected chi connectivity index (χ1v) is 8.34. The van der Waals surface area contributed by atoms with E-state index in [0.717, 1.165) is 45.1 Å². The highest BCUT2D eigenvalue weighted by atomic mass is 16.2. The molecule has 1 aromatic rings. The van der Waals surface area contributed by atoms with Gasteiger partial charge in [0.2, 0.25) is 5.91 Å². The van der Waals surface area contributed by atoms with E-state index >= 15 is 0 Å². The van der Waals surface area contributed by atoms with Gasteiger partial charge in [0.15, 0.2) is 0 Å². The fourth-order valence-electron chi connectivity index (χ4n) is 4.08. The average Bonchev–Trinajstić information content (AvgIpc) is 3.16. The lowest BCUT2D eigenvalue weighted by molar-refractivity contribution is -0.137. The lowest BCUT2D eigenvalue weighted by Crippen LogP contribution is -2.42. The molecule has 3 atom stereocenters. The maximum atomic E-state index is 12.9. The van der Waals surface area contributed by atoms with Gasteiger partial charge in [0.25, 0.3) is 0 Å². The number of nitrogens with zero attached hydrogens (tertiary/aromatic N) is 1. The number of benzene rings is 1. The van der Waals surface area contributed by atoms with E-state index < -0.39 is 0 Å². The highest BCUT2D eigenvalue weighted by molar-refractivity contribution is 5.80. The van der Waals surface area contributed by atoms with Gasteiger partial charge >= 0.3 is 0 Å². The Morgan fingerprint density at radius 3 is 2.71 bits per heavy atom. The van der Waals surface area contributed by atoms with E-state index in [4.69, 9.17) is 5.73 Å². The van der Waals surface area contributed by atoms with Crippen molar-refractivity contribution in [3.8, 4) is 0 Å². The van der Waals surface area contributed by atoms with Crippen LogP contribution in [0.1, 0.15) is 37.7 Å². The summed E-state index contributed by atoms with van der Waals surface area (Å²) in [6.45, 7) is 1.59. The van der Waals surface area contributed by atoms with Crippen molar-refractivity contribution in [2.24, 2.45) is 17.6 Å². The van der Waals surface area contributed by atoms with Crippen LogP contribution in [-0.2, 0) is 11.2 Å². The molecule has 3 rings (SSSR count). The van der Waals surface area contributed by atoms with Crippen LogP contribution in [0.4, 0.5) is 0 Å².